The van der Waals surface area contributed by atoms with Crippen LogP contribution in [0.5, 0.6) is 0 Å². The van der Waals surface area contributed by atoms with Crippen LogP contribution in [-0.2, 0) is 11.3 Å². The number of nitrogens with zero attached hydrogens (tertiary/aromatic N) is 1. The molecule has 0 saturated carbocycles. The number of amides is 1. The summed E-state index contributed by atoms with van der Waals surface area (Å²) >= 11 is 1.36. The van der Waals surface area contributed by atoms with Crippen LogP contribution in [0.1, 0.15) is 32.3 Å². The van der Waals surface area contributed by atoms with E-state index < -0.39 is 11.9 Å². The van der Waals surface area contributed by atoms with Crippen molar-refractivity contribution in [1.82, 2.24) is 9.97 Å². The molecule has 1 amide bonds. The molecular weight excluding hydrogens is 466 g/mol. The Morgan fingerprint density at radius 2 is 1.94 bits per heavy atom. The number of H-pyrrole nitrogens is 1. The first-order valence-electron chi connectivity index (χ1n) is 10.7. The lowest BCUT2D eigenvalue weighted by molar-refractivity contribution is 0.0462. The fourth-order valence-corrected chi connectivity index (χ4v) is 4.55. The quantitative estimate of drug-likeness (QED) is 0.321. The van der Waals surface area contributed by atoms with E-state index in [1.807, 2.05) is 42.6 Å². The molecule has 2 aromatic carbocycles. The van der Waals surface area contributed by atoms with Crippen LogP contribution in [0.2, 0.25) is 0 Å². The molecule has 0 aliphatic heterocycles. The molecule has 0 fully saturated rings. The average molecular weight is 486 g/mol. The Balaban J connectivity index is 1.32. The SMILES string of the molecule is Cc1ccc(C(=O)OCc2nc3scc(-c4ccccc4)c3c(=O)[nH]2)cc1NC(=O)c1ccco1. The first-order valence-corrected chi connectivity index (χ1v) is 11.6. The molecular formula is C26H19N3O5S. The number of hydrogen-bond donors (Lipinski definition) is 2. The van der Waals surface area contributed by atoms with Gasteiger partial charge in [-0.05, 0) is 42.3 Å². The number of carbonyl (C=O) groups is 2. The Morgan fingerprint density at radius 3 is 2.71 bits per heavy atom. The summed E-state index contributed by atoms with van der Waals surface area (Å²) < 4.78 is 10.5. The topological polar surface area (TPSA) is 114 Å². The maximum Gasteiger partial charge on any atom is 0.338 e. The highest BCUT2D eigenvalue weighted by Gasteiger charge is 2.16. The molecule has 9 heteroatoms. The van der Waals surface area contributed by atoms with Crippen molar-refractivity contribution < 1.29 is 18.7 Å². The van der Waals surface area contributed by atoms with Gasteiger partial charge in [-0.25, -0.2) is 9.78 Å². The van der Waals surface area contributed by atoms with Crippen LogP contribution in [0.3, 0.4) is 0 Å². The van der Waals surface area contributed by atoms with Crippen molar-refractivity contribution in [2.45, 2.75) is 13.5 Å². The number of rotatable bonds is 6. The van der Waals surface area contributed by atoms with E-state index in [-0.39, 0.29) is 29.3 Å². The monoisotopic (exact) mass is 485 g/mol. The molecule has 0 aliphatic carbocycles. The molecule has 0 bridgehead atoms. The number of aromatic nitrogens is 2. The molecule has 5 rings (SSSR count). The van der Waals surface area contributed by atoms with Gasteiger partial charge in [-0.2, -0.15) is 0 Å². The predicted molar refractivity (Wildman–Crippen MR) is 133 cm³/mol. The van der Waals surface area contributed by atoms with Crippen molar-refractivity contribution in [3.05, 3.63) is 105 Å². The highest BCUT2D eigenvalue weighted by atomic mass is 32.1. The molecule has 8 nitrogen and oxygen atoms in total. The molecule has 0 unspecified atom stereocenters. The van der Waals surface area contributed by atoms with Crippen LogP contribution < -0.4 is 10.9 Å². The Bertz CT molecular complexity index is 1590. The molecule has 2 N–H and O–H groups in total. The number of nitrogens with one attached hydrogen (secondary N) is 2. The highest BCUT2D eigenvalue weighted by molar-refractivity contribution is 7.17. The second kappa shape index (κ2) is 9.40. The standard InChI is InChI=1S/C26H19N3O5S/c1-15-9-10-17(12-19(15)27-23(30)20-8-5-11-33-20)26(32)34-13-21-28-24(31)22-18(14-35-25(22)29-21)16-6-3-2-4-7-16/h2-12,14H,13H2,1H3,(H,27,30)(H,28,29,31). The number of benzene rings is 2. The Morgan fingerprint density at radius 1 is 1.11 bits per heavy atom. The number of aryl methyl sites for hydroxylation is 1. The average Bonchev–Trinajstić information content (AvgIpc) is 3.55. The van der Waals surface area contributed by atoms with Gasteiger partial charge in [0.15, 0.2) is 5.76 Å². The van der Waals surface area contributed by atoms with Crippen LogP contribution in [0.4, 0.5) is 5.69 Å². The molecule has 0 aliphatic rings. The third-order valence-electron chi connectivity index (χ3n) is 5.38. The van der Waals surface area contributed by atoms with E-state index >= 15 is 0 Å². The van der Waals surface area contributed by atoms with Crippen molar-refractivity contribution in [3.63, 3.8) is 0 Å². The first-order chi connectivity index (χ1) is 17.0. The van der Waals surface area contributed by atoms with E-state index in [9.17, 15) is 14.4 Å². The van der Waals surface area contributed by atoms with Gasteiger partial charge in [0.25, 0.3) is 11.5 Å². The first kappa shape index (κ1) is 22.3. The summed E-state index contributed by atoms with van der Waals surface area (Å²) in [6, 6.07) is 17.6. The van der Waals surface area contributed by atoms with Crippen molar-refractivity contribution in [1.29, 1.82) is 0 Å². The molecule has 0 saturated heterocycles. The lowest BCUT2D eigenvalue weighted by Gasteiger charge is -2.10. The minimum atomic E-state index is -0.614. The summed E-state index contributed by atoms with van der Waals surface area (Å²) in [5, 5.41) is 5.12. The molecule has 35 heavy (non-hydrogen) atoms. The fraction of sp³-hybridized carbons (Fsp3) is 0.0769. The summed E-state index contributed by atoms with van der Waals surface area (Å²) in [5.74, 6) is -0.635. The second-order valence-corrected chi connectivity index (χ2v) is 8.60. The molecule has 3 heterocycles. The van der Waals surface area contributed by atoms with Crippen LogP contribution >= 0.6 is 11.3 Å². The Hall–Kier alpha value is -4.50. The van der Waals surface area contributed by atoms with Crippen molar-refractivity contribution in [2.24, 2.45) is 0 Å². The summed E-state index contributed by atoms with van der Waals surface area (Å²) in [7, 11) is 0. The predicted octanol–water partition coefficient (Wildman–Crippen LogP) is 5.16. The molecule has 174 valence electrons. The summed E-state index contributed by atoms with van der Waals surface area (Å²) in [6.07, 6.45) is 1.41. The zero-order valence-electron chi connectivity index (χ0n) is 18.5. The lowest BCUT2D eigenvalue weighted by Crippen LogP contribution is -2.15. The summed E-state index contributed by atoms with van der Waals surface area (Å²) in [5.41, 5.74) is 2.92. The van der Waals surface area contributed by atoms with E-state index in [0.29, 0.717) is 15.9 Å². The van der Waals surface area contributed by atoms with Gasteiger partial charge in [-0.3, -0.25) is 9.59 Å². The zero-order valence-corrected chi connectivity index (χ0v) is 19.3. The number of thiophene rings is 1. The normalized spacial score (nSPS) is 10.9. The second-order valence-electron chi connectivity index (χ2n) is 7.75. The molecule has 5 aromatic rings. The van der Waals surface area contributed by atoms with Gasteiger partial charge < -0.3 is 19.5 Å². The van der Waals surface area contributed by atoms with Gasteiger partial charge >= 0.3 is 5.97 Å². The van der Waals surface area contributed by atoms with E-state index in [4.69, 9.17) is 9.15 Å². The molecule has 0 radical (unpaired) electrons. The number of ether oxygens (including phenoxy) is 1. The summed E-state index contributed by atoms with van der Waals surface area (Å²) in [6.45, 7) is 1.60. The van der Waals surface area contributed by atoms with Crippen LogP contribution in [0, 0.1) is 6.92 Å². The minimum absolute atomic E-state index is 0.159. The lowest BCUT2D eigenvalue weighted by atomic mass is 10.1. The van der Waals surface area contributed by atoms with Crippen LogP contribution in [0.15, 0.2) is 81.5 Å². The Kier molecular flexibility index (Phi) is 5.99. The number of anilines is 1. The Labute approximate surface area is 203 Å². The third kappa shape index (κ3) is 4.62. The van der Waals surface area contributed by atoms with Gasteiger partial charge in [0.1, 0.15) is 17.3 Å². The maximum absolute atomic E-state index is 12.8. The van der Waals surface area contributed by atoms with E-state index in [2.05, 4.69) is 15.3 Å². The smallest absolute Gasteiger partial charge is 0.338 e. The van der Waals surface area contributed by atoms with E-state index in [1.54, 1.807) is 24.3 Å². The van der Waals surface area contributed by atoms with E-state index in [1.165, 1.54) is 23.7 Å². The number of aromatic amines is 1. The van der Waals surface area contributed by atoms with Crippen LogP contribution in [-0.4, -0.2) is 21.8 Å². The van der Waals surface area contributed by atoms with Crippen LogP contribution in [0.25, 0.3) is 21.3 Å². The van der Waals surface area contributed by atoms with E-state index in [0.717, 1.165) is 16.7 Å². The maximum atomic E-state index is 12.8. The zero-order chi connectivity index (χ0) is 24.4. The van der Waals surface area contributed by atoms with Gasteiger partial charge in [0.05, 0.1) is 17.2 Å². The van der Waals surface area contributed by atoms with Gasteiger partial charge in [0, 0.05) is 16.6 Å². The molecule has 0 atom stereocenters. The third-order valence-corrected chi connectivity index (χ3v) is 6.26. The van der Waals surface area contributed by atoms with Crippen molar-refractivity contribution >= 4 is 39.1 Å². The van der Waals surface area contributed by atoms with Gasteiger partial charge in [0.2, 0.25) is 0 Å². The fourth-order valence-electron chi connectivity index (χ4n) is 3.58. The number of hydrogen-bond acceptors (Lipinski definition) is 7. The number of carbonyl (C=O) groups excluding carboxylic acids is 2. The van der Waals surface area contributed by atoms with Crippen molar-refractivity contribution in [2.75, 3.05) is 5.32 Å². The number of esters is 1. The molecule has 0 spiro atoms. The molecule has 3 aromatic heterocycles. The van der Waals surface area contributed by atoms with Gasteiger partial charge in [-0.1, -0.05) is 36.4 Å². The summed E-state index contributed by atoms with van der Waals surface area (Å²) in [4.78, 5) is 45.5. The highest BCUT2D eigenvalue weighted by Crippen LogP contribution is 2.30. The van der Waals surface area contributed by atoms with Gasteiger partial charge in [-0.15, -0.1) is 11.3 Å². The van der Waals surface area contributed by atoms with Crippen molar-refractivity contribution in [3.8, 4) is 11.1 Å². The number of fused-ring (bicyclic) bond motifs is 1. The number of furan rings is 1. The minimum Gasteiger partial charge on any atom is -0.459 e. The largest absolute Gasteiger partial charge is 0.459 e.